The summed E-state index contributed by atoms with van der Waals surface area (Å²) in [5.41, 5.74) is 0.492. The molecule has 0 amide bonds. The maximum Gasteiger partial charge on any atom is 0.189 e. The van der Waals surface area contributed by atoms with Gasteiger partial charge in [-0.1, -0.05) is 27.5 Å². The van der Waals surface area contributed by atoms with Crippen LogP contribution < -0.4 is 0 Å². The number of hydrogen-bond donors (Lipinski definition) is 0. The number of rotatable bonds is 3. The highest BCUT2D eigenvalue weighted by Gasteiger charge is 2.09. The van der Waals surface area contributed by atoms with E-state index in [9.17, 15) is 4.79 Å². The van der Waals surface area contributed by atoms with Crippen molar-refractivity contribution in [2.24, 2.45) is 0 Å². The third kappa shape index (κ3) is 2.79. The lowest BCUT2D eigenvalue weighted by Gasteiger charge is -2.02. The van der Waals surface area contributed by atoms with Gasteiger partial charge in [0, 0.05) is 17.1 Å². The van der Waals surface area contributed by atoms with Gasteiger partial charge < -0.3 is 4.74 Å². The number of Topliss-reactive ketones (excluding diaryl/α,β-unsaturated/α-hetero) is 1. The maximum atomic E-state index is 11.4. The summed E-state index contributed by atoms with van der Waals surface area (Å²) >= 11 is 9.11. The zero-order valence-corrected chi connectivity index (χ0v) is 9.35. The smallest absolute Gasteiger partial charge is 0.189 e. The molecule has 4 heteroatoms. The molecule has 0 fully saturated rings. The van der Waals surface area contributed by atoms with E-state index in [1.165, 1.54) is 7.11 Å². The summed E-state index contributed by atoms with van der Waals surface area (Å²) in [6, 6.07) is 5.13. The van der Waals surface area contributed by atoms with Crippen LogP contribution in [0.5, 0.6) is 0 Å². The van der Waals surface area contributed by atoms with E-state index in [1.54, 1.807) is 18.2 Å². The Morgan fingerprint density at radius 3 is 2.85 bits per heavy atom. The molecular formula is C9H8BrClO2. The minimum atomic E-state index is -0.111. The van der Waals surface area contributed by atoms with Crippen LogP contribution in [0.25, 0.3) is 0 Å². The third-order valence-electron chi connectivity index (χ3n) is 1.51. The van der Waals surface area contributed by atoms with E-state index >= 15 is 0 Å². The molecular weight excluding hydrogens is 255 g/mol. The molecule has 2 nitrogen and oxygen atoms in total. The van der Waals surface area contributed by atoms with Crippen molar-refractivity contribution in [3.05, 3.63) is 33.3 Å². The quantitative estimate of drug-likeness (QED) is 0.784. The van der Waals surface area contributed by atoms with Crippen LogP contribution in [0.4, 0.5) is 0 Å². The van der Waals surface area contributed by atoms with Crippen LogP contribution in [-0.4, -0.2) is 19.5 Å². The van der Waals surface area contributed by atoms with Gasteiger partial charge in [-0.15, -0.1) is 0 Å². The van der Waals surface area contributed by atoms with Crippen LogP contribution in [0.15, 0.2) is 22.7 Å². The number of methoxy groups -OCH3 is 1. The van der Waals surface area contributed by atoms with Gasteiger partial charge in [-0.05, 0) is 18.2 Å². The Balaban J connectivity index is 2.95. The van der Waals surface area contributed by atoms with Crippen molar-refractivity contribution in [3.63, 3.8) is 0 Å². The third-order valence-corrected chi connectivity index (χ3v) is 2.31. The molecule has 70 valence electrons. The zero-order valence-electron chi connectivity index (χ0n) is 7.01. The molecule has 0 aliphatic rings. The second-order valence-corrected chi connectivity index (χ2v) is 3.80. The molecule has 0 aliphatic carbocycles. The standard InChI is InChI=1S/C9H8BrClO2/c1-13-5-9(12)7-3-2-6(10)4-8(7)11/h2-4H,5H2,1H3. The molecule has 0 saturated carbocycles. The highest BCUT2D eigenvalue weighted by Crippen LogP contribution is 2.21. The van der Waals surface area contributed by atoms with Gasteiger partial charge in [-0.2, -0.15) is 0 Å². The lowest BCUT2D eigenvalue weighted by molar-refractivity contribution is 0.0848. The highest BCUT2D eigenvalue weighted by molar-refractivity contribution is 9.10. The Morgan fingerprint density at radius 1 is 1.62 bits per heavy atom. The number of ketones is 1. The number of halogens is 2. The van der Waals surface area contributed by atoms with Gasteiger partial charge in [0.15, 0.2) is 5.78 Å². The van der Waals surface area contributed by atoms with Crippen molar-refractivity contribution in [1.82, 2.24) is 0 Å². The van der Waals surface area contributed by atoms with E-state index in [2.05, 4.69) is 15.9 Å². The number of ether oxygens (including phenoxy) is 1. The average molecular weight is 264 g/mol. The first-order valence-corrected chi connectivity index (χ1v) is 4.79. The van der Waals surface area contributed by atoms with Crippen molar-refractivity contribution in [2.45, 2.75) is 0 Å². The molecule has 13 heavy (non-hydrogen) atoms. The summed E-state index contributed by atoms with van der Waals surface area (Å²) in [5.74, 6) is -0.111. The van der Waals surface area contributed by atoms with Crippen LogP contribution >= 0.6 is 27.5 Å². The van der Waals surface area contributed by atoms with Crippen molar-refractivity contribution in [2.75, 3.05) is 13.7 Å². The van der Waals surface area contributed by atoms with Gasteiger partial charge in [0.05, 0.1) is 5.02 Å². The summed E-state index contributed by atoms with van der Waals surface area (Å²) in [4.78, 5) is 11.4. The minimum Gasteiger partial charge on any atom is -0.377 e. The molecule has 0 bridgehead atoms. The number of carbonyl (C=O) groups excluding carboxylic acids is 1. The first kappa shape index (κ1) is 10.7. The highest BCUT2D eigenvalue weighted by atomic mass is 79.9. The van der Waals surface area contributed by atoms with Crippen molar-refractivity contribution >= 4 is 33.3 Å². The van der Waals surface area contributed by atoms with E-state index < -0.39 is 0 Å². The molecule has 1 aromatic carbocycles. The van der Waals surface area contributed by atoms with Crippen LogP contribution in [0.2, 0.25) is 5.02 Å². The largest absolute Gasteiger partial charge is 0.377 e. The van der Waals surface area contributed by atoms with Gasteiger partial charge in [0.25, 0.3) is 0 Å². The van der Waals surface area contributed by atoms with Crippen LogP contribution in [0, 0.1) is 0 Å². The van der Waals surface area contributed by atoms with E-state index in [1.807, 2.05) is 0 Å². The molecule has 0 aliphatic heterocycles. The molecule has 0 atom stereocenters. The molecule has 0 spiro atoms. The minimum absolute atomic E-state index is 0.0569. The second kappa shape index (κ2) is 4.74. The summed E-state index contributed by atoms with van der Waals surface area (Å²) in [5, 5.41) is 0.441. The van der Waals surface area contributed by atoms with E-state index in [0.717, 1.165) is 4.47 Å². The van der Waals surface area contributed by atoms with E-state index in [0.29, 0.717) is 10.6 Å². The van der Waals surface area contributed by atoms with Gasteiger partial charge in [-0.3, -0.25) is 4.79 Å². The number of hydrogen-bond acceptors (Lipinski definition) is 2. The topological polar surface area (TPSA) is 26.3 Å². The van der Waals surface area contributed by atoms with Crippen LogP contribution in [-0.2, 0) is 4.74 Å². The fourth-order valence-corrected chi connectivity index (χ4v) is 1.70. The number of benzene rings is 1. The molecule has 0 aromatic heterocycles. The maximum absolute atomic E-state index is 11.4. The lowest BCUT2D eigenvalue weighted by atomic mass is 10.1. The van der Waals surface area contributed by atoms with Gasteiger partial charge in [-0.25, -0.2) is 0 Å². The zero-order chi connectivity index (χ0) is 9.84. The van der Waals surface area contributed by atoms with Crippen LogP contribution in [0.3, 0.4) is 0 Å². The first-order chi connectivity index (χ1) is 6.15. The van der Waals surface area contributed by atoms with Crippen molar-refractivity contribution < 1.29 is 9.53 Å². The Morgan fingerprint density at radius 2 is 2.31 bits per heavy atom. The SMILES string of the molecule is COCC(=O)c1ccc(Br)cc1Cl. The Bertz CT molecular complexity index is 325. The molecule has 0 radical (unpaired) electrons. The summed E-state index contributed by atoms with van der Waals surface area (Å²) in [6.45, 7) is 0.0569. The predicted octanol–water partition coefficient (Wildman–Crippen LogP) is 2.93. The second-order valence-electron chi connectivity index (χ2n) is 2.48. The predicted molar refractivity (Wildman–Crippen MR) is 55.4 cm³/mol. The summed E-state index contributed by atoms with van der Waals surface area (Å²) in [6.07, 6.45) is 0. The fraction of sp³-hybridized carbons (Fsp3) is 0.222. The summed E-state index contributed by atoms with van der Waals surface area (Å²) in [7, 11) is 1.48. The molecule has 0 saturated heterocycles. The molecule has 1 rings (SSSR count). The number of carbonyl (C=O) groups is 1. The van der Waals surface area contributed by atoms with Gasteiger partial charge in [0.2, 0.25) is 0 Å². The van der Waals surface area contributed by atoms with E-state index in [4.69, 9.17) is 16.3 Å². The van der Waals surface area contributed by atoms with Crippen molar-refractivity contribution in [3.8, 4) is 0 Å². The normalized spacial score (nSPS) is 10.1. The van der Waals surface area contributed by atoms with Gasteiger partial charge in [0.1, 0.15) is 6.61 Å². The molecule has 0 heterocycles. The van der Waals surface area contributed by atoms with E-state index in [-0.39, 0.29) is 12.4 Å². The molecule has 0 unspecified atom stereocenters. The monoisotopic (exact) mass is 262 g/mol. The fourth-order valence-electron chi connectivity index (χ4n) is 0.924. The Labute approximate surface area is 90.0 Å². The van der Waals surface area contributed by atoms with Crippen LogP contribution in [0.1, 0.15) is 10.4 Å². The Kier molecular flexibility index (Phi) is 3.90. The lowest BCUT2D eigenvalue weighted by Crippen LogP contribution is -2.07. The van der Waals surface area contributed by atoms with Gasteiger partial charge >= 0.3 is 0 Å². The average Bonchev–Trinajstić information content (AvgIpc) is 2.04. The Hall–Kier alpha value is -0.380. The summed E-state index contributed by atoms with van der Waals surface area (Å²) < 4.78 is 5.58. The first-order valence-electron chi connectivity index (χ1n) is 3.62. The van der Waals surface area contributed by atoms with Crippen molar-refractivity contribution in [1.29, 1.82) is 0 Å². The molecule has 1 aromatic rings. The molecule has 0 N–H and O–H groups in total.